The van der Waals surface area contributed by atoms with E-state index in [2.05, 4.69) is 34.1 Å². The van der Waals surface area contributed by atoms with Gasteiger partial charge in [0, 0.05) is 57.2 Å². The van der Waals surface area contributed by atoms with Crippen molar-refractivity contribution in [3.63, 3.8) is 0 Å². The van der Waals surface area contributed by atoms with E-state index in [9.17, 15) is 4.79 Å². The van der Waals surface area contributed by atoms with Crippen LogP contribution in [0.25, 0.3) is 11.1 Å². The molecule has 0 aliphatic carbocycles. The number of benzene rings is 1. The summed E-state index contributed by atoms with van der Waals surface area (Å²) in [6.07, 6.45) is 4.47. The van der Waals surface area contributed by atoms with Gasteiger partial charge in [-0.05, 0) is 29.8 Å². The van der Waals surface area contributed by atoms with Crippen molar-refractivity contribution in [1.29, 1.82) is 0 Å². The van der Waals surface area contributed by atoms with Crippen LogP contribution in [0.3, 0.4) is 0 Å². The minimum atomic E-state index is 0.177. The molecule has 0 saturated carbocycles. The van der Waals surface area contributed by atoms with Crippen LogP contribution < -0.4 is 9.64 Å². The number of pyridine rings is 1. The van der Waals surface area contributed by atoms with Crippen LogP contribution in [0.1, 0.15) is 26.2 Å². The predicted molar refractivity (Wildman–Crippen MR) is 113 cm³/mol. The van der Waals surface area contributed by atoms with Crippen molar-refractivity contribution in [2.75, 3.05) is 44.3 Å². The summed E-state index contributed by atoms with van der Waals surface area (Å²) in [4.78, 5) is 20.6. The molecule has 1 amide bonds. The minimum Gasteiger partial charge on any atom is -0.490 e. The minimum absolute atomic E-state index is 0.177. The van der Waals surface area contributed by atoms with Gasteiger partial charge in [-0.1, -0.05) is 19.1 Å². The number of piperidine rings is 1. The third-order valence-corrected chi connectivity index (χ3v) is 5.67. The Kier molecular flexibility index (Phi) is 6.30. The lowest BCUT2D eigenvalue weighted by Gasteiger charge is -2.32. The van der Waals surface area contributed by atoms with Gasteiger partial charge in [-0.3, -0.25) is 4.79 Å². The van der Waals surface area contributed by atoms with Gasteiger partial charge < -0.3 is 19.3 Å². The predicted octanol–water partition coefficient (Wildman–Crippen LogP) is 3.37. The number of nitrogens with zero attached hydrogens (tertiary/aromatic N) is 3. The highest BCUT2D eigenvalue weighted by Gasteiger charge is 2.23. The van der Waals surface area contributed by atoms with Gasteiger partial charge >= 0.3 is 0 Å². The zero-order chi connectivity index (χ0) is 20.1. The summed E-state index contributed by atoms with van der Waals surface area (Å²) < 4.78 is 11.5. The van der Waals surface area contributed by atoms with Crippen molar-refractivity contribution in [2.24, 2.45) is 0 Å². The van der Waals surface area contributed by atoms with Crippen molar-refractivity contribution in [1.82, 2.24) is 9.88 Å². The number of hydrogen-bond acceptors (Lipinski definition) is 5. The van der Waals surface area contributed by atoms with Crippen LogP contribution in [0.5, 0.6) is 5.75 Å². The molecule has 2 saturated heterocycles. The van der Waals surface area contributed by atoms with E-state index in [0.717, 1.165) is 74.9 Å². The van der Waals surface area contributed by atoms with Crippen molar-refractivity contribution >= 4 is 11.7 Å². The zero-order valence-corrected chi connectivity index (χ0v) is 17.0. The van der Waals surface area contributed by atoms with Crippen LogP contribution in [0.15, 0.2) is 42.6 Å². The fraction of sp³-hybridized carbons (Fsp3) is 0.478. The maximum Gasteiger partial charge on any atom is 0.222 e. The maximum absolute atomic E-state index is 11.8. The average Bonchev–Trinajstić information content (AvgIpc) is 2.80. The second-order valence-corrected chi connectivity index (χ2v) is 7.58. The fourth-order valence-corrected chi connectivity index (χ4v) is 3.90. The molecule has 0 spiro atoms. The highest BCUT2D eigenvalue weighted by atomic mass is 16.5. The van der Waals surface area contributed by atoms with Crippen molar-refractivity contribution < 1.29 is 14.3 Å². The number of likely N-dealkylation sites (tertiary alicyclic amines) is 1. The van der Waals surface area contributed by atoms with Crippen LogP contribution in [-0.2, 0) is 9.53 Å². The van der Waals surface area contributed by atoms with E-state index in [-0.39, 0.29) is 12.0 Å². The van der Waals surface area contributed by atoms with Gasteiger partial charge in [-0.15, -0.1) is 0 Å². The first-order valence-electron chi connectivity index (χ1n) is 10.6. The van der Waals surface area contributed by atoms with Gasteiger partial charge in [-0.2, -0.15) is 0 Å². The molecule has 2 aliphatic rings. The standard InChI is InChI=1S/C23H29N3O3/c1-2-23(27)26-11-9-21(10-12-26)29-20-6-3-18(4-7-20)19-5-8-22(24-17-19)25-13-15-28-16-14-25/h3-8,17,21H,2,9-16H2,1H3. The van der Waals surface area contributed by atoms with Crippen molar-refractivity contribution in [3.8, 4) is 16.9 Å². The van der Waals surface area contributed by atoms with Crippen LogP contribution in [0.2, 0.25) is 0 Å². The van der Waals surface area contributed by atoms with Gasteiger partial charge in [-0.25, -0.2) is 4.98 Å². The molecule has 6 heteroatoms. The molecule has 0 radical (unpaired) electrons. The Morgan fingerprint density at radius 3 is 2.34 bits per heavy atom. The molecule has 0 bridgehead atoms. The summed E-state index contributed by atoms with van der Waals surface area (Å²) >= 11 is 0. The number of morpholine rings is 1. The van der Waals surface area contributed by atoms with Gasteiger partial charge in [0.2, 0.25) is 5.91 Å². The van der Waals surface area contributed by atoms with E-state index in [1.807, 2.05) is 30.2 Å². The summed E-state index contributed by atoms with van der Waals surface area (Å²) in [5, 5.41) is 0. The van der Waals surface area contributed by atoms with Gasteiger partial charge in [0.1, 0.15) is 17.7 Å². The SMILES string of the molecule is CCC(=O)N1CCC(Oc2ccc(-c3ccc(N4CCOCC4)nc3)cc2)CC1. The molecule has 0 unspecified atom stereocenters. The first-order chi connectivity index (χ1) is 14.2. The second kappa shape index (κ2) is 9.27. The first-order valence-corrected chi connectivity index (χ1v) is 10.6. The third kappa shape index (κ3) is 4.88. The lowest BCUT2D eigenvalue weighted by Crippen LogP contribution is -2.41. The highest BCUT2D eigenvalue weighted by Crippen LogP contribution is 2.25. The molecule has 2 aromatic rings. The molecular weight excluding hydrogens is 366 g/mol. The van der Waals surface area contributed by atoms with Crippen LogP contribution >= 0.6 is 0 Å². The summed E-state index contributed by atoms with van der Waals surface area (Å²) in [6, 6.07) is 12.4. The molecule has 154 valence electrons. The van der Waals surface area contributed by atoms with E-state index in [4.69, 9.17) is 9.47 Å². The number of carbonyl (C=O) groups is 1. The number of aromatic nitrogens is 1. The number of carbonyl (C=O) groups excluding carboxylic acids is 1. The Bertz CT molecular complexity index is 793. The molecule has 1 aromatic heterocycles. The topological polar surface area (TPSA) is 54.9 Å². The molecule has 0 atom stereocenters. The van der Waals surface area contributed by atoms with Crippen molar-refractivity contribution in [2.45, 2.75) is 32.3 Å². The van der Waals surface area contributed by atoms with E-state index in [1.165, 1.54) is 0 Å². The van der Waals surface area contributed by atoms with E-state index >= 15 is 0 Å². The Labute approximate surface area is 172 Å². The van der Waals surface area contributed by atoms with Crippen LogP contribution in [-0.4, -0.2) is 61.3 Å². The smallest absolute Gasteiger partial charge is 0.222 e. The van der Waals surface area contributed by atoms with Crippen molar-refractivity contribution in [3.05, 3.63) is 42.6 Å². The summed E-state index contributed by atoms with van der Waals surface area (Å²) in [5.41, 5.74) is 2.22. The molecule has 0 N–H and O–H groups in total. The Morgan fingerprint density at radius 2 is 1.72 bits per heavy atom. The quantitative estimate of drug-likeness (QED) is 0.777. The highest BCUT2D eigenvalue weighted by molar-refractivity contribution is 5.75. The number of hydrogen-bond donors (Lipinski definition) is 0. The molecule has 6 nitrogen and oxygen atoms in total. The summed E-state index contributed by atoms with van der Waals surface area (Å²) in [5.74, 6) is 2.12. The number of amides is 1. The number of ether oxygens (including phenoxy) is 2. The lowest BCUT2D eigenvalue weighted by molar-refractivity contribution is -0.132. The molecule has 2 fully saturated rings. The first kappa shape index (κ1) is 19.7. The van der Waals surface area contributed by atoms with Gasteiger partial charge in [0.05, 0.1) is 13.2 Å². The summed E-state index contributed by atoms with van der Waals surface area (Å²) in [6.45, 7) is 6.80. The van der Waals surface area contributed by atoms with E-state index in [0.29, 0.717) is 6.42 Å². The zero-order valence-electron chi connectivity index (χ0n) is 17.0. The number of anilines is 1. The molecule has 4 rings (SSSR count). The number of rotatable bonds is 5. The Morgan fingerprint density at radius 1 is 1.03 bits per heavy atom. The molecular formula is C23H29N3O3. The third-order valence-electron chi connectivity index (χ3n) is 5.67. The molecule has 1 aromatic carbocycles. The monoisotopic (exact) mass is 395 g/mol. The van der Waals surface area contributed by atoms with Crippen LogP contribution in [0.4, 0.5) is 5.82 Å². The van der Waals surface area contributed by atoms with E-state index in [1.54, 1.807) is 0 Å². The molecule has 2 aliphatic heterocycles. The molecule has 29 heavy (non-hydrogen) atoms. The normalized spacial score (nSPS) is 18.0. The Hall–Kier alpha value is -2.60. The fourth-order valence-electron chi connectivity index (χ4n) is 3.90. The summed E-state index contributed by atoms with van der Waals surface area (Å²) in [7, 11) is 0. The maximum atomic E-state index is 11.8. The van der Waals surface area contributed by atoms with Gasteiger partial charge in [0.25, 0.3) is 0 Å². The van der Waals surface area contributed by atoms with E-state index < -0.39 is 0 Å². The van der Waals surface area contributed by atoms with Crippen LogP contribution in [0, 0.1) is 0 Å². The second-order valence-electron chi connectivity index (χ2n) is 7.58. The molecule has 3 heterocycles. The Balaban J connectivity index is 1.33. The average molecular weight is 396 g/mol. The lowest BCUT2D eigenvalue weighted by atomic mass is 10.1. The largest absolute Gasteiger partial charge is 0.490 e. The van der Waals surface area contributed by atoms with Gasteiger partial charge in [0.15, 0.2) is 0 Å².